The van der Waals surface area contributed by atoms with Crippen molar-refractivity contribution in [1.29, 1.82) is 0 Å². The van der Waals surface area contributed by atoms with Crippen molar-refractivity contribution in [3.8, 4) is 0 Å². The summed E-state index contributed by atoms with van der Waals surface area (Å²) in [7, 11) is 1.99. The number of nitrogens with zero attached hydrogens (tertiary/aromatic N) is 1. The van der Waals surface area contributed by atoms with Crippen LogP contribution < -0.4 is 5.32 Å². The van der Waals surface area contributed by atoms with Crippen LogP contribution in [0.2, 0.25) is 0 Å². The van der Waals surface area contributed by atoms with Gasteiger partial charge >= 0.3 is 0 Å². The SMILES string of the molecule is Cc1ccccc1CCNC(=O)c1cccc2c1ccn2C. The number of fused-ring (bicyclic) bond motifs is 1. The normalized spacial score (nSPS) is 10.8. The van der Waals surface area contributed by atoms with Crippen LogP contribution in [0.25, 0.3) is 10.9 Å². The van der Waals surface area contributed by atoms with E-state index >= 15 is 0 Å². The Morgan fingerprint density at radius 2 is 1.91 bits per heavy atom. The highest BCUT2D eigenvalue weighted by atomic mass is 16.1. The van der Waals surface area contributed by atoms with E-state index in [1.807, 2.05) is 54.2 Å². The maximum absolute atomic E-state index is 12.4. The summed E-state index contributed by atoms with van der Waals surface area (Å²) in [6.45, 7) is 2.74. The minimum absolute atomic E-state index is 0.00890. The highest BCUT2D eigenvalue weighted by Crippen LogP contribution is 2.19. The van der Waals surface area contributed by atoms with Gasteiger partial charge in [-0.1, -0.05) is 30.3 Å². The summed E-state index contributed by atoms with van der Waals surface area (Å²) in [5.74, 6) is -0.00890. The molecule has 22 heavy (non-hydrogen) atoms. The van der Waals surface area contributed by atoms with Crippen LogP contribution in [0, 0.1) is 6.92 Å². The lowest BCUT2D eigenvalue weighted by atomic mass is 10.1. The van der Waals surface area contributed by atoms with E-state index in [1.54, 1.807) is 0 Å². The Morgan fingerprint density at radius 1 is 1.09 bits per heavy atom. The molecule has 0 spiro atoms. The fourth-order valence-corrected chi connectivity index (χ4v) is 2.80. The molecular formula is C19H20N2O. The fraction of sp³-hybridized carbons (Fsp3) is 0.211. The van der Waals surface area contributed by atoms with E-state index in [4.69, 9.17) is 0 Å². The molecule has 0 atom stereocenters. The Bertz CT molecular complexity index is 817. The molecule has 3 aromatic rings. The lowest BCUT2D eigenvalue weighted by Gasteiger charge is -2.08. The quantitative estimate of drug-likeness (QED) is 0.785. The van der Waals surface area contributed by atoms with Crippen molar-refractivity contribution in [2.45, 2.75) is 13.3 Å². The molecule has 1 heterocycles. The number of benzene rings is 2. The van der Waals surface area contributed by atoms with Gasteiger partial charge in [0.15, 0.2) is 0 Å². The van der Waals surface area contributed by atoms with Gasteiger partial charge in [0.25, 0.3) is 5.91 Å². The van der Waals surface area contributed by atoms with Crippen molar-refractivity contribution in [1.82, 2.24) is 9.88 Å². The molecule has 2 aromatic carbocycles. The average molecular weight is 292 g/mol. The molecular weight excluding hydrogens is 272 g/mol. The van der Waals surface area contributed by atoms with Crippen molar-refractivity contribution in [3.05, 3.63) is 71.4 Å². The van der Waals surface area contributed by atoms with Gasteiger partial charge in [0.2, 0.25) is 0 Å². The van der Waals surface area contributed by atoms with Crippen molar-refractivity contribution >= 4 is 16.8 Å². The first kappa shape index (κ1) is 14.4. The molecule has 0 aliphatic carbocycles. The zero-order chi connectivity index (χ0) is 15.5. The van der Waals surface area contributed by atoms with Crippen molar-refractivity contribution < 1.29 is 4.79 Å². The molecule has 112 valence electrons. The van der Waals surface area contributed by atoms with Gasteiger partial charge in [0.05, 0.1) is 0 Å². The molecule has 0 unspecified atom stereocenters. The van der Waals surface area contributed by atoms with Crippen LogP contribution in [0.15, 0.2) is 54.7 Å². The van der Waals surface area contributed by atoms with E-state index in [0.717, 1.165) is 22.9 Å². The van der Waals surface area contributed by atoms with Crippen LogP contribution in [0.5, 0.6) is 0 Å². The molecule has 0 aliphatic heterocycles. The Morgan fingerprint density at radius 3 is 2.73 bits per heavy atom. The van der Waals surface area contributed by atoms with Crippen LogP contribution in [0.4, 0.5) is 0 Å². The third kappa shape index (κ3) is 2.75. The largest absolute Gasteiger partial charge is 0.352 e. The molecule has 3 nitrogen and oxygen atoms in total. The lowest BCUT2D eigenvalue weighted by molar-refractivity contribution is 0.0956. The molecule has 3 heteroatoms. The van der Waals surface area contributed by atoms with E-state index < -0.39 is 0 Å². The predicted molar refractivity (Wildman–Crippen MR) is 90.1 cm³/mol. The van der Waals surface area contributed by atoms with Gasteiger partial charge in [-0.05, 0) is 42.7 Å². The van der Waals surface area contributed by atoms with Crippen LogP contribution >= 0.6 is 0 Å². The predicted octanol–water partition coefficient (Wildman–Crippen LogP) is 3.46. The number of nitrogens with one attached hydrogen (secondary N) is 1. The third-order valence-electron chi connectivity index (χ3n) is 4.11. The highest BCUT2D eigenvalue weighted by molar-refractivity contribution is 6.06. The second kappa shape index (κ2) is 6.06. The van der Waals surface area contributed by atoms with Gasteiger partial charge in [-0.15, -0.1) is 0 Å². The summed E-state index contributed by atoms with van der Waals surface area (Å²) in [6, 6.07) is 16.1. The van der Waals surface area contributed by atoms with Crippen LogP contribution in [0.1, 0.15) is 21.5 Å². The van der Waals surface area contributed by atoms with Crippen LogP contribution in [-0.2, 0) is 13.5 Å². The van der Waals surface area contributed by atoms with E-state index in [2.05, 4.69) is 24.4 Å². The molecule has 1 amide bonds. The summed E-state index contributed by atoms with van der Waals surface area (Å²) in [4.78, 5) is 12.4. The number of carbonyl (C=O) groups is 1. The highest BCUT2D eigenvalue weighted by Gasteiger charge is 2.11. The molecule has 0 bridgehead atoms. The molecule has 3 rings (SSSR count). The smallest absolute Gasteiger partial charge is 0.251 e. The number of rotatable bonds is 4. The first-order chi connectivity index (χ1) is 10.7. The maximum Gasteiger partial charge on any atom is 0.251 e. The first-order valence-electron chi connectivity index (χ1n) is 7.53. The zero-order valence-corrected chi connectivity index (χ0v) is 13.0. The Kier molecular flexibility index (Phi) is 3.96. The second-order valence-electron chi connectivity index (χ2n) is 5.60. The Hall–Kier alpha value is -2.55. The number of hydrogen-bond donors (Lipinski definition) is 1. The number of carbonyl (C=O) groups excluding carboxylic acids is 1. The monoisotopic (exact) mass is 292 g/mol. The van der Waals surface area contributed by atoms with Crippen molar-refractivity contribution in [2.75, 3.05) is 6.54 Å². The van der Waals surface area contributed by atoms with Gasteiger partial charge in [-0.3, -0.25) is 4.79 Å². The second-order valence-corrected chi connectivity index (χ2v) is 5.60. The summed E-state index contributed by atoms with van der Waals surface area (Å²) >= 11 is 0. The zero-order valence-electron chi connectivity index (χ0n) is 13.0. The van der Waals surface area contributed by atoms with Crippen molar-refractivity contribution in [3.63, 3.8) is 0 Å². The topological polar surface area (TPSA) is 34.0 Å². The third-order valence-corrected chi connectivity index (χ3v) is 4.11. The maximum atomic E-state index is 12.4. The standard InChI is InChI=1S/C19H20N2O/c1-14-6-3-4-7-15(14)10-12-20-19(22)17-8-5-9-18-16(17)11-13-21(18)2/h3-9,11,13H,10,12H2,1-2H3,(H,20,22). The number of hydrogen-bond acceptors (Lipinski definition) is 1. The molecule has 0 saturated carbocycles. The summed E-state index contributed by atoms with van der Waals surface area (Å²) in [5.41, 5.74) is 4.36. The molecule has 0 saturated heterocycles. The van der Waals surface area contributed by atoms with Crippen LogP contribution in [-0.4, -0.2) is 17.0 Å². The fourth-order valence-electron chi connectivity index (χ4n) is 2.80. The van der Waals surface area contributed by atoms with E-state index in [9.17, 15) is 4.79 Å². The minimum atomic E-state index is -0.00890. The van der Waals surface area contributed by atoms with Crippen molar-refractivity contribution in [2.24, 2.45) is 7.05 Å². The van der Waals surface area contributed by atoms with Gasteiger partial charge in [0.1, 0.15) is 0 Å². The first-order valence-corrected chi connectivity index (χ1v) is 7.53. The van der Waals surface area contributed by atoms with Gasteiger partial charge in [-0.2, -0.15) is 0 Å². The number of amides is 1. The van der Waals surface area contributed by atoms with E-state index in [1.165, 1.54) is 11.1 Å². The van der Waals surface area contributed by atoms with Gasteiger partial charge < -0.3 is 9.88 Å². The van der Waals surface area contributed by atoms with Gasteiger partial charge in [0, 0.05) is 36.3 Å². The number of aryl methyl sites for hydroxylation is 2. The minimum Gasteiger partial charge on any atom is -0.352 e. The molecule has 0 aliphatic rings. The lowest BCUT2D eigenvalue weighted by Crippen LogP contribution is -2.26. The van der Waals surface area contributed by atoms with Gasteiger partial charge in [-0.25, -0.2) is 0 Å². The molecule has 0 radical (unpaired) electrons. The Labute approximate surface area is 130 Å². The molecule has 1 N–H and O–H groups in total. The average Bonchev–Trinajstić information content (AvgIpc) is 2.91. The summed E-state index contributed by atoms with van der Waals surface area (Å²) in [6.07, 6.45) is 2.83. The van der Waals surface area contributed by atoms with E-state index in [-0.39, 0.29) is 5.91 Å². The Balaban J connectivity index is 1.70. The van der Waals surface area contributed by atoms with E-state index in [0.29, 0.717) is 6.54 Å². The summed E-state index contributed by atoms with van der Waals surface area (Å²) < 4.78 is 2.03. The molecule has 1 aromatic heterocycles. The van der Waals surface area contributed by atoms with Crippen LogP contribution in [0.3, 0.4) is 0 Å². The number of aromatic nitrogens is 1. The molecule has 0 fully saturated rings. The summed E-state index contributed by atoms with van der Waals surface area (Å²) in [5, 5.41) is 4.03.